The first-order valence-corrected chi connectivity index (χ1v) is 6.71. The lowest BCUT2D eigenvalue weighted by molar-refractivity contribution is 0.0348. The molecule has 2 aromatic rings. The molecule has 0 saturated carbocycles. The van der Waals surface area contributed by atoms with Gasteiger partial charge in [-0.05, 0) is 25.9 Å². The van der Waals surface area contributed by atoms with Crippen molar-refractivity contribution >= 4 is 16.3 Å². The van der Waals surface area contributed by atoms with Gasteiger partial charge in [0.1, 0.15) is 11.3 Å². The van der Waals surface area contributed by atoms with E-state index in [1.165, 1.54) is 0 Å². The molecule has 0 bridgehead atoms. The van der Waals surface area contributed by atoms with Crippen molar-refractivity contribution in [1.82, 2.24) is 25.1 Å². The number of ether oxygens (including phenoxy) is 1. The standard InChI is InChI=1S/C10H15N5OS/c1-4-11-5-2-8(1)16-6-3-9-14-15-7-12-13-10(15)17-9/h7-8,11H,1-6H2. The molecule has 3 rings (SSSR count). The molecule has 0 amide bonds. The Morgan fingerprint density at radius 2 is 2.35 bits per heavy atom. The number of piperidine rings is 1. The first-order valence-electron chi connectivity index (χ1n) is 5.90. The summed E-state index contributed by atoms with van der Waals surface area (Å²) in [4.78, 5) is 0.849. The number of aromatic nitrogens is 4. The zero-order valence-corrected chi connectivity index (χ0v) is 10.3. The van der Waals surface area contributed by atoms with Gasteiger partial charge in [-0.3, -0.25) is 0 Å². The zero-order valence-electron chi connectivity index (χ0n) is 9.50. The van der Waals surface area contributed by atoms with Crippen molar-refractivity contribution in [2.75, 3.05) is 19.7 Å². The average Bonchev–Trinajstić information content (AvgIpc) is 2.91. The van der Waals surface area contributed by atoms with Crippen LogP contribution < -0.4 is 5.32 Å². The second kappa shape index (κ2) is 5.07. The fourth-order valence-corrected chi connectivity index (χ4v) is 2.77. The van der Waals surface area contributed by atoms with Gasteiger partial charge in [0, 0.05) is 6.42 Å². The largest absolute Gasteiger partial charge is 0.378 e. The lowest BCUT2D eigenvalue weighted by atomic mass is 10.1. The minimum atomic E-state index is 0.418. The van der Waals surface area contributed by atoms with Gasteiger partial charge in [0.05, 0.1) is 12.7 Å². The van der Waals surface area contributed by atoms with Crippen molar-refractivity contribution in [2.45, 2.75) is 25.4 Å². The van der Waals surface area contributed by atoms with Crippen molar-refractivity contribution in [3.05, 3.63) is 11.3 Å². The summed E-state index contributed by atoms with van der Waals surface area (Å²) in [5, 5.41) is 16.5. The van der Waals surface area contributed by atoms with Gasteiger partial charge in [-0.1, -0.05) is 11.3 Å². The van der Waals surface area contributed by atoms with Gasteiger partial charge in [-0.15, -0.1) is 10.2 Å². The van der Waals surface area contributed by atoms with E-state index in [2.05, 4.69) is 20.6 Å². The molecule has 1 fully saturated rings. The number of hydrogen-bond acceptors (Lipinski definition) is 6. The predicted octanol–water partition coefficient (Wildman–Crippen LogP) is 0.497. The van der Waals surface area contributed by atoms with Crippen molar-refractivity contribution in [3.63, 3.8) is 0 Å². The minimum Gasteiger partial charge on any atom is -0.378 e. The highest BCUT2D eigenvalue weighted by atomic mass is 32.1. The Balaban J connectivity index is 1.49. The van der Waals surface area contributed by atoms with Crippen LogP contribution in [0, 0.1) is 0 Å². The van der Waals surface area contributed by atoms with Gasteiger partial charge in [-0.2, -0.15) is 9.61 Å². The Kier molecular flexibility index (Phi) is 3.30. The van der Waals surface area contributed by atoms with Gasteiger partial charge in [0.25, 0.3) is 0 Å². The predicted molar refractivity (Wildman–Crippen MR) is 64.2 cm³/mol. The lowest BCUT2D eigenvalue weighted by Gasteiger charge is -2.22. The number of nitrogens with zero attached hydrogens (tertiary/aromatic N) is 4. The summed E-state index contributed by atoms with van der Waals surface area (Å²) in [6, 6.07) is 0. The summed E-state index contributed by atoms with van der Waals surface area (Å²) in [5.74, 6) is 0. The van der Waals surface area contributed by atoms with Gasteiger partial charge in [0.2, 0.25) is 4.96 Å². The molecule has 1 aliphatic heterocycles. The van der Waals surface area contributed by atoms with E-state index in [1.54, 1.807) is 22.2 Å². The molecule has 6 nitrogen and oxygen atoms in total. The molecule has 0 unspecified atom stereocenters. The third kappa shape index (κ3) is 2.62. The Hall–Kier alpha value is -1.05. The molecule has 17 heavy (non-hydrogen) atoms. The minimum absolute atomic E-state index is 0.418. The van der Waals surface area contributed by atoms with Crippen molar-refractivity contribution in [2.24, 2.45) is 0 Å². The van der Waals surface area contributed by atoms with E-state index in [-0.39, 0.29) is 0 Å². The molecule has 2 aromatic heterocycles. The highest BCUT2D eigenvalue weighted by Gasteiger charge is 2.13. The Bertz CT molecular complexity index is 447. The first-order chi connectivity index (χ1) is 8.42. The van der Waals surface area contributed by atoms with Crippen molar-refractivity contribution < 1.29 is 4.74 Å². The molecule has 1 N–H and O–H groups in total. The molecular formula is C10H15N5OS. The summed E-state index contributed by atoms with van der Waals surface area (Å²) < 4.78 is 7.55. The molecule has 0 aliphatic carbocycles. The summed E-state index contributed by atoms with van der Waals surface area (Å²) in [6.45, 7) is 2.89. The normalized spacial score (nSPS) is 17.9. The molecule has 0 radical (unpaired) electrons. The average molecular weight is 253 g/mol. The second-order valence-corrected chi connectivity index (χ2v) is 5.16. The monoisotopic (exact) mass is 253 g/mol. The van der Waals surface area contributed by atoms with E-state index >= 15 is 0 Å². The van der Waals surface area contributed by atoms with E-state index in [0.717, 1.165) is 48.9 Å². The van der Waals surface area contributed by atoms with Gasteiger partial charge in [0.15, 0.2) is 0 Å². The smallest absolute Gasteiger partial charge is 0.234 e. The van der Waals surface area contributed by atoms with Crippen LogP contribution in [0.25, 0.3) is 4.96 Å². The van der Waals surface area contributed by atoms with Crippen LogP contribution in [0.15, 0.2) is 6.33 Å². The molecule has 92 valence electrons. The quantitative estimate of drug-likeness (QED) is 0.859. The highest BCUT2D eigenvalue weighted by molar-refractivity contribution is 7.16. The van der Waals surface area contributed by atoms with Crippen LogP contribution in [0.4, 0.5) is 0 Å². The molecule has 1 aliphatic rings. The Morgan fingerprint density at radius 3 is 3.18 bits per heavy atom. The maximum atomic E-state index is 5.84. The van der Waals surface area contributed by atoms with E-state index in [4.69, 9.17) is 4.74 Å². The maximum absolute atomic E-state index is 5.84. The molecule has 3 heterocycles. The van der Waals surface area contributed by atoms with Gasteiger partial charge >= 0.3 is 0 Å². The van der Waals surface area contributed by atoms with Gasteiger partial charge < -0.3 is 10.1 Å². The fourth-order valence-electron chi connectivity index (χ4n) is 1.98. The molecule has 1 saturated heterocycles. The van der Waals surface area contributed by atoms with Crippen LogP contribution in [0.3, 0.4) is 0 Å². The van der Waals surface area contributed by atoms with Crippen LogP contribution >= 0.6 is 11.3 Å². The van der Waals surface area contributed by atoms with Crippen molar-refractivity contribution in [1.29, 1.82) is 0 Å². The molecule has 0 spiro atoms. The van der Waals surface area contributed by atoms with Crippen LogP contribution in [0.2, 0.25) is 0 Å². The van der Waals surface area contributed by atoms with Crippen LogP contribution in [0.5, 0.6) is 0 Å². The van der Waals surface area contributed by atoms with E-state index < -0.39 is 0 Å². The van der Waals surface area contributed by atoms with Crippen LogP contribution in [-0.4, -0.2) is 45.6 Å². The number of rotatable bonds is 4. The van der Waals surface area contributed by atoms with Crippen LogP contribution in [-0.2, 0) is 11.2 Å². The lowest BCUT2D eigenvalue weighted by Crippen LogP contribution is -2.32. The van der Waals surface area contributed by atoms with E-state index in [1.807, 2.05) is 0 Å². The SMILES string of the molecule is c1nnc2sc(CCOC3CCNCC3)nn12. The summed E-state index contributed by atoms with van der Waals surface area (Å²) in [6.07, 6.45) is 5.14. The van der Waals surface area contributed by atoms with Crippen LogP contribution in [0.1, 0.15) is 17.8 Å². The number of fused-ring (bicyclic) bond motifs is 1. The Labute approximate surface area is 103 Å². The maximum Gasteiger partial charge on any atom is 0.234 e. The third-order valence-corrected chi connectivity index (χ3v) is 3.86. The molecular weight excluding hydrogens is 238 g/mol. The number of hydrogen-bond donors (Lipinski definition) is 1. The van der Waals surface area contributed by atoms with Crippen molar-refractivity contribution in [3.8, 4) is 0 Å². The highest BCUT2D eigenvalue weighted by Crippen LogP contribution is 2.13. The first kappa shape index (κ1) is 11.1. The van der Waals surface area contributed by atoms with E-state index in [9.17, 15) is 0 Å². The second-order valence-electron chi connectivity index (χ2n) is 4.12. The Morgan fingerprint density at radius 1 is 1.47 bits per heavy atom. The molecule has 0 atom stereocenters. The zero-order chi connectivity index (χ0) is 11.5. The number of nitrogens with one attached hydrogen (secondary N) is 1. The fraction of sp³-hybridized carbons (Fsp3) is 0.700. The molecule has 0 aromatic carbocycles. The van der Waals surface area contributed by atoms with Gasteiger partial charge in [-0.25, -0.2) is 0 Å². The summed E-state index contributed by atoms with van der Waals surface area (Å²) in [7, 11) is 0. The summed E-state index contributed by atoms with van der Waals surface area (Å²) >= 11 is 1.58. The topological polar surface area (TPSA) is 64.3 Å². The van der Waals surface area contributed by atoms with E-state index in [0.29, 0.717) is 6.10 Å². The summed E-state index contributed by atoms with van der Waals surface area (Å²) in [5.41, 5.74) is 0. The third-order valence-electron chi connectivity index (χ3n) is 2.88. The molecule has 7 heteroatoms.